The Morgan fingerprint density at radius 2 is 2.00 bits per heavy atom. The van der Waals surface area contributed by atoms with Gasteiger partial charge in [-0.1, -0.05) is 13.8 Å². The van der Waals surface area contributed by atoms with Crippen molar-refractivity contribution in [1.29, 1.82) is 0 Å². The molecule has 0 aliphatic heterocycles. The number of carboxylic acids is 1. The van der Waals surface area contributed by atoms with Gasteiger partial charge < -0.3 is 10.8 Å². The first kappa shape index (κ1) is 11.8. The second kappa shape index (κ2) is 6.31. The smallest absolute Gasteiger partial charge is 0.317 e. The van der Waals surface area contributed by atoms with Gasteiger partial charge >= 0.3 is 5.97 Å². The van der Waals surface area contributed by atoms with Crippen LogP contribution in [0.25, 0.3) is 0 Å². The van der Waals surface area contributed by atoms with Crippen LogP contribution in [-0.4, -0.2) is 28.1 Å². The van der Waals surface area contributed by atoms with Crippen molar-refractivity contribution in [1.82, 2.24) is 0 Å². The van der Waals surface area contributed by atoms with Crippen molar-refractivity contribution < 1.29 is 9.90 Å². The van der Waals surface area contributed by atoms with E-state index in [4.69, 9.17) is 10.8 Å². The first-order chi connectivity index (χ1) is 5.65. The van der Waals surface area contributed by atoms with E-state index in [0.717, 1.165) is 12.8 Å². The van der Waals surface area contributed by atoms with E-state index in [1.807, 2.05) is 0 Å². The van der Waals surface area contributed by atoms with Crippen molar-refractivity contribution in [3.8, 4) is 0 Å². The van der Waals surface area contributed by atoms with E-state index in [-0.39, 0.29) is 6.54 Å². The summed E-state index contributed by atoms with van der Waals surface area (Å²) in [4.78, 5) is 10.6. The minimum absolute atomic E-state index is 0.219. The molecule has 12 heavy (non-hydrogen) atoms. The van der Waals surface area contributed by atoms with Crippen LogP contribution in [0.1, 0.15) is 26.7 Å². The average molecular weight is 191 g/mol. The number of carbonyl (C=O) groups is 1. The fourth-order valence-electron chi connectivity index (χ4n) is 0.928. The Balaban J connectivity index is 3.91. The molecular formula is C8H17NO2S. The summed E-state index contributed by atoms with van der Waals surface area (Å²) >= 11 is 1.47. The lowest BCUT2D eigenvalue weighted by atomic mass is 10.3. The van der Waals surface area contributed by atoms with Gasteiger partial charge in [0.15, 0.2) is 0 Å². The molecule has 0 amide bonds. The number of aliphatic carboxylic acids is 1. The lowest BCUT2D eigenvalue weighted by molar-refractivity contribution is -0.136. The van der Waals surface area contributed by atoms with Crippen LogP contribution in [0.3, 0.4) is 0 Å². The Hall–Kier alpha value is -0.220. The maximum Gasteiger partial charge on any atom is 0.317 e. The highest BCUT2D eigenvalue weighted by molar-refractivity contribution is 8.01. The largest absolute Gasteiger partial charge is 0.480 e. The van der Waals surface area contributed by atoms with E-state index in [1.54, 1.807) is 0 Å². The van der Waals surface area contributed by atoms with Gasteiger partial charge in [-0.25, -0.2) is 0 Å². The number of carboxylic acid groups (broad SMARTS) is 1. The summed E-state index contributed by atoms with van der Waals surface area (Å²) in [5, 5.41) is 8.70. The Morgan fingerprint density at radius 3 is 2.25 bits per heavy atom. The van der Waals surface area contributed by atoms with E-state index in [0.29, 0.717) is 5.25 Å². The van der Waals surface area contributed by atoms with Gasteiger partial charge in [0.25, 0.3) is 0 Å². The van der Waals surface area contributed by atoms with Gasteiger partial charge in [0.1, 0.15) is 5.25 Å². The third kappa shape index (κ3) is 3.97. The maximum absolute atomic E-state index is 10.6. The highest BCUT2D eigenvalue weighted by Crippen LogP contribution is 2.22. The molecule has 4 heteroatoms. The third-order valence-electron chi connectivity index (χ3n) is 1.76. The molecular weight excluding hydrogens is 174 g/mol. The normalized spacial score (nSPS) is 13.3. The molecule has 0 radical (unpaired) electrons. The average Bonchev–Trinajstić information content (AvgIpc) is 2.06. The van der Waals surface area contributed by atoms with Crippen molar-refractivity contribution in [3.05, 3.63) is 0 Å². The van der Waals surface area contributed by atoms with Crippen molar-refractivity contribution in [3.63, 3.8) is 0 Å². The van der Waals surface area contributed by atoms with E-state index in [2.05, 4.69) is 13.8 Å². The minimum Gasteiger partial charge on any atom is -0.480 e. The highest BCUT2D eigenvalue weighted by atomic mass is 32.2. The lowest BCUT2D eigenvalue weighted by Crippen LogP contribution is -2.28. The fourth-order valence-corrected chi connectivity index (χ4v) is 2.01. The van der Waals surface area contributed by atoms with E-state index >= 15 is 0 Å². The van der Waals surface area contributed by atoms with Gasteiger partial charge in [-0.3, -0.25) is 4.79 Å². The molecule has 3 N–H and O–H groups in total. The van der Waals surface area contributed by atoms with E-state index in [9.17, 15) is 4.79 Å². The first-order valence-electron chi connectivity index (χ1n) is 4.24. The van der Waals surface area contributed by atoms with Gasteiger partial charge in [-0.2, -0.15) is 0 Å². The highest BCUT2D eigenvalue weighted by Gasteiger charge is 2.19. The third-order valence-corrected chi connectivity index (χ3v) is 3.53. The van der Waals surface area contributed by atoms with Crippen LogP contribution in [0.5, 0.6) is 0 Å². The van der Waals surface area contributed by atoms with Crippen molar-refractivity contribution in [2.75, 3.05) is 6.54 Å². The topological polar surface area (TPSA) is 63.3 Å². The summed E-state index contributed by atoms with van der Waals surface area (Å²) in [6, 6.07) is 0. The molecule has 0 spiro atoms. The molecule has 0 unspecified atom stereocenters. The predicted molar refractivity (Wildman–Crippen MR) is 52.4 cm³/mol. The molecule has 0 bridgehead atoms. The first-order valence-corrected chi connectivity index (χ1v) is 5.18. The van der Waals surface area contributed by atoms with E-state index in [1.165, 1.54) is 11.8 Å². The van der Waals surface area contributed by atoms with Crippen LogP contribution >= 0.6 is 11.8 Å². The Morgan fingerprint density at radius 1 is 1.50 bits per heavy atom. The number of hydrogen-bond donors (Lipinski definition) is 2. The van der Waals surface area contributed by atoms with Gasteiger partial charge in [0.05, 0.1) is 0 Å². The zero-order valence-electron chi connectivity index (χ0n) is 7.62. The van der Waals surface area contributed by atoms with Crippen molar-refractivity contribution >= 4 is 17.7 Å². The number of hydrogen-bond acceptors (Lipinski definition) is 3. The van der Waals surface area contributed by atoms with Crippen LogP contribution in [0.4, 0.5) is 0 Å². The molecule has 0 fully saturated rings. The summed E-state index contributed by atoms with van der Waals surface area (Å²) in [6.07, 6.45) is 2.01. The summed E-state index contributed by atoms with van der Waals surface area (Å²) in [5.74, 6) is -0.797. The van der Waals surface area contributed by atoms with Crippen LogP contribution in [0, 0.1) is 0 Å². The Labute approximate surface area is 77.7 Å². The summed E-state index contributed by atoms with van der Waals surface area (Å²) < 4.78 is 0. The monoisotopic (exact) mass is 191 g/mol. The number of thioether (sulfide) groups is 1. The van der Waals surface area contributed by atoms with Crippen LogP contribution < -0.4 is 5.73 Å². The molecule has 0 saturated carbocycles. The Bertz CT molecular complexity index is 137. The summed E-state index contributed by atoms with van der Waals surface area (Å²) in [7, 11) is 0. The molecule has 0 aromatic heterocycles. The standard InChI is InChI=1S/C8H17NO2S/c1-3-6(4-2)12-7(5-9)8(10)11/h6-7H,3-5,9H2,1-2H3,(H,10,11)/t7-/m0/s1. The van der Waals surface area contributed by atoms with E-state index < -0.39 is 11.2 Å². The van der Waals surface area contributed by atoms with Gasteiger partial charge in [-0.15, -0.1) is 11.8 Å². The van der Waals surface area contributed by atoms with Crippen LogP contribution in [0.2, 0.25) is 0 Å². The zero-order chi connectivity index (χ0) is 9.56. The second-order valence-electron chi connectivity index (χ2n) is 2.64. The Kier molecular flexibility index (Phi) is 6.20. The quantitative estimate of drug-likeness (QED) is 0.664. The van der Waals surface area contributed by atoms with Gasteiger partial charge in [0, 0.05) is 11.8 Å². The SMILES string of the molecule is CCC(CC)S[C@@H](CN)C(=O)O. The molecule has 0 rings (SSSR count). The lowest BCUT2D eigenvalue weighted by Gasteiger charge is -2.16. The van der Waals surface area contributed by atoms with Gasteiger partial charge in [-0.05, 0) is 12.8 Å². The minimum atomic E-state index is -0.797. The molecule has 1 atom stereocenters. The van der Waals surface area contributed by atoms with Crippen molar-refractivity contribution in [2.24, 2.45) is 5.73 Å². The van der Waals surface area contributed by atoms with Crippen molar-refractivity contribution in [2.45, 2.75) is 37.2 Å². The molecule has 0 aromatic rings. The summed E-state index contributed by atoms with van der Waals surface area (Å²) in [5.41, 5.74) is 5.33. The molecule has 0 aliphatic rings. The fraction of sp³-hybridized carbons (Fsp3) is 0.875. The predicted octanol–water partition coefficient (Wildman–Crippen LogP) is 1.32. The number of nitrogens with two attached hydrogens (primary N) is 1. The molecule has 0 aromatic carbocycles. The second-order valence-corrected chi connectivity index (χ2v) is 4.15. The zero-order valence-corrected chi connectivity index (χ0v) is 8.43. The summed E-state index contributed by atoms with van der Waals surface area (Å²) in [6.45, 7) is 4.35. The number of rotatable bonds is 6. The van der Waals surface area contributed by atoms with Gasteiger partial charge in [0.2, 0.25) is 0 Å². The molecule has 0 aliphatic carbocycles. The molecule has 72 valence electrons. The maximum atomic E-state index is 10.6. The van der Waals surface area contributed by atoms with Crippen LogP contribution in [0.15, 0.2) is 0 Å². The molecule has 3 nitrogen and oxygen atoms in total. The molecule has 0 heterocycles. The van der Waals surface area contributed by atoms with Crippen LogP contribution in [-0.2, 0) is 4.79 Å². The molecule has 0 saturated heterocycles.